The monoisotopic (exact) mass is 340 g/mol. The minimum absolute atomic E-state index is 0.0822. The molecule has 1 aliphatic heterocycles. The number of rotatable bonds is 0. The Labute approximate surface area is 149 Å². The second-order valence-corrected chi connectivity index (χ2v) is 9.61. The molecule has 0 saturated heterocycles. The van der Waals surface area contributed by atoms with Crippen LogP contribution in [0, 0.1) is 28.6 Å². The summed E-state index contributed by atoms with van der Waals surface area (Å²) < 4.78 is 5.90. The highest BCUT2D eigenvalue weighted by Crippen LogP contribution is 2.68. The standard InChI is InChI=1S/C22H28O3/c1-20-9-5-15(23)13-14(20)3-4-16-17(20)6-10-21(2)18(16)7-11-22(21)12-8-19(24)25-22/h8,12-13,16-18H,3-7,9-11H2,1-2H3/t16-,17-,18+,20+,21+,22-/m1/s1. The summed E-state index contributed by atoms with van der Waals surface area (Å²) in [6, 6.07) is 0. The number of hydrogen-bond donors (Lipinski definition) is 0. The van der Waals surface area contributed by atoms with Crippen molar-refractivity contribution in [2.75, 3.05) is 0 Å². The number of carbonyl (C=O) groups is 2. The van der Waals surface area contributed by atoms with Gasteiger partial charge in [0.05, 0.1) is 0 Å². The third kappa shape index (κ3) is 1.88. The lowest BCUT2D eigenvalue weighted by molar-refractivity contribution is -0.162. The summed E-state index contributed by atoms with van der Waals surface area (Å²) in [4.78, 5) is 23.7. The van der Waals surface area contributed by atoms with Crippen molar-refractivity contribution >= 4 is 11.8 Å². The van der Waals surface area contributed by atoms with Crippen LogP contribution >= 0.6 is 0 Å². The van der Waals surface area contributed by atoms with Gasteiger partial charge < -0.3 is 4.74 Å². The van der Waals surface area contributed by atoms with Crippen LogP contribution in [-0.2, 0) is 14.3 Å². The summed E-state index contributed by atoms with van der Waals surface area (Å²) in [5.74, 6) is 2.21. The quantitative estimate of drug-likeness (QED) is 0.615. The summed E-state index contributed by atoms with van der Waals surface area (Å²) in [6.07, 6.45) is 14.2. The molecule has 0 radical (unpaired) electrons. The maximum atomic E-state index is 11.9. The van der Waals surface area contributed by atoms with E-state index < -0.39 is 0 Å². The van der Waals surface area contributed by atoms with Crippen molar-refractivity contribution in [1.29, 1.82) is 0 Å². The molecule has 0 aromatic rings. The molecule has 3 nitrogen and oxygen atoms in total. The molecule has 3 fully saturated rings. The molecule has 0 bridgehead atoms. The number of ether oxygens (including phenoxy) is 1. The topological polar surface area (TPSA) is 43.4 Å². The van der Waals surface area contributed by atoms with E-state index in [1.54, 1.807) is 6.08 Å². The molecule has 3 saturated carbocycles. The summed E-state index contributed by atoms with van der Waals surface area (Å²) >= 11 is 0. The molecule has 3 heteroatoms. The number of hydrogen-bond acceptors (Lipinski definition) is 3. The van der Waals surface area contributed by atoms with Crippen molar-refractivity contribution in [1.82, 2.24) is 0 Å². The summed E-state index contributed by atoms with van der Waals surface area (Å²) in [6.45, 7) is 4.80. The number of ketones is 1. The summed E-state index contributed by atoms with van der Waals surface area (Å²) in [5, 5.41) is 0. The van der Waals surface area contributed by atoms with E-state index in [0.29, 0.717) is 23.5 Å². The van der Waals surface area contributed by atoms with Gasteiger partial charge in [0, 0.05) is 17.9 Å². The smallest absolute Gasteiger partial charge is 0.331 e. The zero-order valence-corrected chi connectivity index (χ0v) is 15.3. The fraction of sp³-hybridized carbons (Fsp3) is 0.727. The van der Waals surface area contributed by atoms with Gasteiger partial charge in [-0.25, -0.2) is 4.79 Å². The normalized spacial score (nSPS) is 51.0. The van der Waals surface area contributed by atoms with Crippen molar-refractivity contribution in [3.8, 4) is 0 Å². The Morgan fingerprint density at radius 3 is 2.56 bits per heavy atom. The molecule has 134 valence electrons. The molecule has 0 unspecified atom stereocenters. The molecule has 0 aromatic heterocycles. The minimum atomic E-state index is -0.348. The Morgan fingerprint density at radius 2 is 1.80 bits per heavy atom. The largest absolute Gasteiger partial charge is 0.451 e. The Balaban J connectivity index is 1.50. The van der Waals surface area contributed by atoms with Gasteiger partial charge in [0.2, 0.25) is 0 Å². The highest BCUT2D eigenvalue weighted by molar-refractivity contribution is 5.91. The van der Waals surface area contributed by atoms with E-state index in [0.717, 1.165) is 32.1 Å². The van der Waals surface area contributed by atoms with E-state index >= 15 is 0 Å². The molecule has 0 N–H and O–H groups in total. The van der Waals surface area contributed by atoms with Gasteiger partial charge in [-0.15, -0.1) is 0 Å². The number of carbonyl (C=O) groups excluding carboxylic acids is 2. The molecule has 1 spiro atoms. The number of fused-ring (bicyclic) bond motifs is 6. The van der Waals surface area contributed by atoms with Gasteiger partial charge >= 0.3 is 5.97 Å². The molecular weight excluding hydrogens is 312 g/mol. The predicted molar refractivity (Wildman–Crippen MR) is 94.7 cm³/mol. The third-order valence-corrected chi connectivity index (χ3v) is 8.92. The van der Waals surface area contributed by atoms with E-state index in [9.17, 15) is 9.59 Å². The fourth-order valence-electron chi connectivity index (χ4n) is 7.48. The van der Waals surface area contributed by atoms with Crippen LogP contribution in [0.1, 0.15) is 65.2 Å². The zero-order chi connectivity index (χ0) is 17.4. The highest BCUT2D eigenvalue weighted by Gasteiger charge is 2.66. The van der Waals surface area contributed by atoms with Gasteiger partial charge in [-0.05, 0) is 80.3 Å². The maximum absolute atomic E-state index is 11.9. The lowest BCUT2D eigenvalue weighted by atomic mass is 9.46. The van der Waals surface area contributed by atoms with E-state index in [1.165, 1.54) is 24.8 Å². The highest BCUT2D eigenvalue weighted by atomic mass is 16.6. The van der Waals surface area contributed by atoms with Crippen LogP contribution in [0.5, 0.6) is 0 Å². The van der Waals surface area contributed by atoms with Gasteiger partial charge in [-0.1, -0.05) is 19.4 Å². The van der Waals surface area contributed by atoms with E-state index in [-0.39, 0.29) is 22.4 Å². The maximum Gasteiger partial charge on any atom is 0.331 e. The Bertz CT molecular complexity index is 719. The average molecular weight is 340 g/mol. The molecule has 25 heavy (non-hydrogen) atoms. The van der Waals surface area contributed by atoms with Crippen molar-refractivity contribution in [2.45, 2.75) is 70.8 Å². The molecule has 0 amide bonds. The van der Waals surface area contributed by atoms with Gasteiger partial charge in [0.15, 0.2) is 5.78 Å². The Kier molecular flexibility index (Phi) is 3.08. The molecule has 4 aliphatic carbocycles. The lowest BCUT2D eigenvalue weighted by Crippen LogP contribution is -2.54. The van der Waals surface area contributed by atoms with E-state index in [2.05, 4.69) is 19.9 Å². The molecule has 1 heterocycles. The van der Waals surface area contributed by atoms with Crippen LogP contribution in [0.4, 0.5) is 0 Å². The first kappa shape index (κ1) is 15.8. The van der Waals surface area contributed by atoms with Gasteiger partial charge in [0.1, 0.15) is 5.60 Å². The van der Waals surface area contributed by atoms with Crippen LogP contribution in [-0.4, -0.2) is 17.4 Å². The Hall–Kier alpha value is -1.38. The van der Waals surface area contributed by atoms with Gasteiger partial charge in [-0.2, -0.15) is 0 Å². The number of esters is 1. The summed E-state index contributed by atoms with van der Waals surface area (Å²) in [5.41, 5.74) is 1.38. The minimum Gasteiger partial charge on any atom is -0.451 e. The zero-order valence-electron chi connectivity index (χ0n) is 15.3. The van der Waals surface area contributed by atoms with Crippen LogP contribution in [0.2, 0.25) is 0 Å². The first-order chi connectivity index (χ1) is 11.9. The van der Waals surface area contributed by atoms with Crippen molar-refractivity contribution in [3.63, 3.8) is 0 Å². The van der Waals surface area contributed by atoms with Gasteiger partial charge in [0.25, 0.3) is 0 Å². The first-order valence-corrected chi connectivity index (χ1v) is 10.0. The molecule has 6 atom stereocenters. The lowest BCUT2D eigenvalue weighted by Gasteiger charge is -2.58. The van der Waals surface area contributed by atoms with E-state index in [4.69, 9.17) is 4.74 Å². The molecule has 5 rings (SSSR count). The van der Waals surface area contributed by atoms with Gasteiger partial charge in [-0.3, -0.25) is 4.79 Å². The second-order valence-electron chi connectivity index (χ2n) is 9.61. The first-order valence-electron chi connectivity index (χ1n) is 10.0. The predicted octanol–water partition coefficient (Wildman–Crippen LogP) is 4.37. The summed E-state index contributed by atoms with van der Waals surface area (Å²) in [7, 11) is 0. The van der Waals surface area contributed by atoms with Crippen LogP contribution in [0.3, 0.4) is 0 Å². The molecule has 5 aliphatic rings. The van der Waals surface area contributed by atoms with Crippen molar-refractivity contribution in [3.05, 3.63) is 23.8 Å². The second kappa shape index (κ2) is 4.86. The Morgan fingerprint density at radius 1 is 1.00 bits per heavy atom. The van der Waals surface area contributed by atoms with Crippen LogP contribution < -0.4 is 0 Å². The van der Waals surface area contributed by atoms with E-state index in [1.807, 2.05) is 6.08 Å². The molecular formula is C22H28O3. The van der Waals surface area contributed by atoms with Crippen molar-refractivity contribution < 1.29 is 14.3 Å². The van der Waals surface area contributed by atoms with Crippen LogP contribution in [0.15, 0.2) is 23.8 Å². The molecule has 0 aromatic carbocycles. The van der Waals surface area contributed by atoms with Crippen molar-refractivity contribution in [2.24, 2.45) is 28.6 Å². The van der Waals surface area contributed by atoms with Crippen LogP contribution in [0.25, 0.3) is 0 Å². The average Bonchev–Trinajstić information content (AvgIpc) is 3.10. The number of allylic oxidation sites excluding steroid dienone is 1. The SMILES string of the molecule is C[C@]12CCC(=O)C=C1CC[C@@H]1[C@H]2CC[C@@]2(C)[C@H]1CC[C@@]21C=CC(=O)O1. The third-order valence-electron chi connectivity index (χ3n) is 8.92. The fourth-order valence-corrected chi connectivity index (χ4v) is 7.48.